The summed E-state index contributed by atoms with van der Waals surface area (Å²) in [6.07, 6.45) is -0.224. The zero-order chi connectivity index (χ0) is 14.7. The van der Waals surface area contributed by atoms with Gasteiger partial charge in [-0.05, 0) is 22.0 Å². The molecule has 3 N–H and O–H groups in total. The van der Waals surface area contributed by atoms with Gasteiger partial charge < -0.3 is 15.6 Å². The minimum Gasteiger partial charge on any atom is -0.502 e. The van der Waals surface area contributed by atoms with E-state index in [4.69, 9.17) is 5.73 Å². The zero-order valence-electron chi connectivity index (χ0n) is 9.72. The lowest BCUT2D eigenvalue weighted by Crippen LogP contribution is -2.33. The van der Waals surface area contributed by atoms with Gasteiger partial charge in [0.2, 0.25) is 11.6 Å². The summed E-state index contributed by atoms with van der Waals surface area (Å²) in [6, 6.07) is 0.00775. The molecule has 0 bridgehead atoms. The average molecular weight is 337 g/mol. The average Bonchev–Trinajstić information content (AvgIpc) is 2.34. The van der Waals surface area contributed by atoms with Crippen molar-refractivity contribution in [1.29, 1.82) is 0 Å². The van der Waals surface area contributed by atoms with E-state index in [2.05, 4.69) is 20.7 Å². The van der Waals surface area contributed by atoms with Gasteiger partial charge in [-0.3, -0.25) is 14.9 Å². The molecule has 0 aliphatic heterocycles. The Morgan fingerprint density at radius 2 is 2.32 bits per heavy atom. The number of nitrogens with zero attached hydrogens (tertiary/aromatic N) is 1. The number of carbonyl (C=O) groups excluding carboxylic acids is 1. The quantitative estimate of drug-likeness (QED) is 0.485. The van der Waals surface area contributed by atoms with E-state index >= 15 is 0 Å². The minimum absolute atomic E-state index is 0.0297. The monoisotopic (exact) mass is 336 g/mol. The van der Waals surface area contributed by atoms with Crippen LogP contribution in [0, 0.1) is 15.9 Å². The molecule has 0 amide bonds. The van der Waals surface area contributed by atoms with Crippen molar-refractivity contribution in [2.24, 2.45) is 5.73 Å². The number of hydrogen-bond acceptors (Lipinski definition) is 6. The first-order chi connectivity index (χ1) is 8.79. The van der Waals surface area contributed by atoms with Crippen molar-refractivity contribution in [3.63, 3.8) is 0 Å². The van der Waals surface area contributed by atoms with E-state index in [-0.39, 0.29) is 16.5 Å². The maximum Gasteiger partial charge on any atom is 0.347 e. The van der Waals surface area contributed by atoms with E-state index in [1.54, 1.807) is 0 Å². The second-order valence-electron chi connectivity index (χ2n) is 3.62. The molecular formula is C10H10BrFN2O5. The van der Waals surface area contributed by atoms with Crippen LogP contribution < -0.4 is 5.73 Å². The molecule has 9 heteroatoms. The van der Waals surface area contributed by atoms with Gasteiger partial charge in [0.1, 0.15) is 6.04 Å². The molecular weight excluding hydrogens is 327 g/mol. The Morgan fingerprint density at radius 3 is 2.79 bits per heavy atom. The van der Waals surface area contributed by atoms with Crippen molar-refractivity contribution in [2.45, 2.75) is 12.5 Å². The van der Waals surface area contributed by atoms with Crippen LogP contribution in [-0.4, -0.2) is 29.2 Å². The second kappa shape index (κ2) is 5.93. The van der Waals surface area contributed by atoms with E-state index in [1.165, 1.54) is 0 Å². The Balaban J connectivity index is 3.23. The summed E-state index contributed by atoms with van der Waals surface area (Å²) in [5.74, 6) is -2.80. The highest BCUT2D eigenvalue weighted by atomic mass is 79.9. The predicted molar refractivity (Wildman–Crippen MR) is 66.1 cm³/mol. The van der Waals surface area contributed by atoms with Crippen molar-refractivity contribution in [3.8, 4) is 5.75 Å². The molecule has 0 saturated carbocycles. The van der Waals surface area contributed by atoms with Crippen LogP contribution in [0.5, 0.6) is 5.75 Å². The van der Waals surface area contributed by atoms with E-state index < -0.39 is 34.2 Å². The first-order valence-electron chi connectivity index (χ1n) is 4.97. The number of phenolic OH excluding ortho intramolecular Hbond substituents is 1. The van der Waals surface area contributed by atoms with Gasteiger partial charge in [0.15, 0.2) is 0 Å². The van der Waals surface area contributed by atoms with Crippen LogP contribution in [0.15, 0.2) is 10.5 Å². The summed E-state index contributed by atoms with van der Waals surface area (Å²) >= 11 is 2.80. The number of rotatable bonds is 4. The van der Waals surface area contributed by atoms with Gasteiger partial charge in [0.25, 0.3) is 0 Å². The van der Waals surface area contributed by atoms with E-state index in [1.807, 2.05) is 0 Å². The van der Waals surface area contributed by atoms with Crippen LogP contribution in [0.3, 0.4) is 0 Å². The molecule has 0 aliphatic carbocycles. The molecule has 19 heavy (non-hydrogen) atoms. The molecule has 1 aromatic rings. The number of nitro benzene ring substituents is 1. The number of nitrogens with two attached hydrogens (primary N) is 1. The highest BCUT2D eigenvalue weighted by molar-refractivity contribution is 9.10. The lowest BCUT2D eigenvalue weighted by Gasteiger charge is -2.11. The number of benzene rings is 1. The molecule has 0 heterocycles. The smallest absolute Gasteiger partial charge is 0.347 e. The lowest BCUT2D eigenvalue weighted by molar-refractivity contribution is -0.388. The molecule has 0 aliphatic rings. The summed E-state index contributed by atoms with van der Waals surface area (Å²) in [4.78, 5) is 20.8. The van der Waals surface area contributed by atoms with Gasteiger partial charge >= 0.3 is 11.7 Å². The summed E-state index contributed by atoms with van der Waals surface area (Å²) in [5.41, 5.74) is 4.38. The molecule has 0 spiro atoms. The molecule has 7 nitrogen and oxygen atoms in total. The summed E-state index contributed by atoms with van der Waals surface area (Å²) in [6.45, 7) is 0. The number of aromatic hydroxyl groups is 1. The van der Waals surface area contributed by atoms with Crippen molar-refractivity contribution in [2.75, 3.05) is 7.11 Å². The Morgan fingerprint density at radius 1 is 1.74 bits per heavy atom. The highest BCUT2D eigenvalue weighted by Gasteiger charge is 2.28. The maximum absolute atomic E-state index is 13.5. The first-order valence-corrected chi connectivity index (χ1v) is 5.76. The number of methoxy groups -OCH3 is 1. The number of hydrogen-bond donors (Lipinski definition) is 2. The highest BCUT2D eigenvalue weighted by Crippen LogP contribution is 2.37. The number of halogens is 2. The van der Waals surface area contributed by atoms with Crippen LogP contribution in [0.4, 0.5) is 10.1 Å². The fourth-order valence-corrected chi connectivity index (χ4v) is 1.91. The topological polar surface area (TPSA) is 116 Å². The Bertz CT molecular complexity index is 537. The molecule has 0 saturated heterocycles. The number of phenols is 1. The van der Waals surface area contributed by atoms with Crippen molar-refractivity contribution < 1.29 is 24.0 Å². The van der Waals surface area contributed by atoms with Gasteiger partial charge in [0, 0.05) is 12.0 Å². The minimum atomic E-state index is -1.20. The van der Waals surface area contributed by atoms with Gasteiger partial charge in [-0.25, -0.2) is 0 Å². The van der Waals surface area contributed by atoms with Gasteiger partial charge in [-0.2, -0.15) is 4.39 Å². The van der Waals surface area contributed by atoms with Crippen molar-refractivity contribution >= 4 is 27.6 Å². The molecule has 104 valence electrons. The molecule has 0 radical (unpaired) electrons. The normalized spacial score (nSPS) is 12.0. The molecule has 1 unspecified atom stereocenters. The molecule has 0 aromatic heterocycles. The fraction of sp³-hybridized carbons (Fsp3) is 0.300. The number of esters is 1. The molecule has 0 fully saturated rings. The van der Waals surface area contributed by atoms with Crippen molar-refractivity contribution in [3.05, 3.63) is 32.0 Å². The van der Waals surface area contributed by atoms with Gasteiger partial charge in [0.05, 0.1) is 16.5 Å². The zero-order valence-corrected chi connectivity index (χ0v) is 11.3. The SMILES string of the molecule is COC(=O)C(N)Cc1cc(Br)c(F)c([N+](=O)[O-])c1O. The lowest BCUT2D eigenvalue weighted by atomic mass is 10.0. The third-order valence-corrected chi connectivity index (χ3v) is 2.95. The summed E-state index contributed by atoms with van der Waals surface area (Å²) in [7, 11) is 1.13. The van der Waals surface area contributed by atoms with Gasteiger partial charge in [-0.1, -0.05) is 0 Å². The first kappa shape index (κ1) is 15.3. The fourth-order valence-electron chi connectivity index (χ4n) is 1.45. The maximum atomic E-state index is 13.5. The van der Waals surface area contributed by atoms with E-state index in [0.29, 0.717) is 0 Å². The van der Waals surface area contributed by atoms with Crippen LogP contribution >= 0.6 is 15.9 Å². The standard InChI is InChI=1S/C10H10BrFN2O5/c1-19-10(16)6(13)3-4-2-5(11)7(12)8(9(4)15)14(17)18/h2,6,15H,3,13H2,1H3. The second-order valence-corrected chi connectivity index (χ2v) is 4.47. The Hall–Kier alpha value is -1.74. The van der Waals surface area contributed by atoms with Crippen LogP contribution in [0.1, 0.15) is 5.56 Å². The van der Waals surface area contributed by atoms with E-state index in [0.717, 1.165) is 13.2 Å². The van der Waals surface area contributed by atoms with Gasteiger partial charge in [-0.15, -0.1) is 0 Å². The predicted octanol–water partition coefficient (Wildman–Crippen LogP) is 1.24. The Kier molecular flexibility index (Phi) is 4.78. The summed E-state index contributed by atoms with van der Waals surface area (Å²) < 4.78 is 17.7. The van der Waals surface area contributed by atoms with Crippen molar-refractivity contribution in [1.82, 2.24) is 0 Å². The number of ether oxygens (including phenoxy) is 1. The van der Waals surface area contributed by atoms with Crippen LogP contribution in [-0.2, 0) is 16.0 Å². The Labute approximate surface area is 115 Å². The number of nitro groups is 1. The summed E-state index contributed by atoms with van der Waals surface area (Å²) in [5, 5.41) is 20.3. The number of carbonyl (C=O) groups is 1. The third-order valence-electron chi connectivity index (χ3n) is 2.37. The third kappa shape index (κ3) is 3.18. The molecule has 1 atom stereocenters. The molecule has 1 rings (SSSR count). The molecule has 1 aromatic carbocycles. The van der Waals surface area contributed by atoms with Crippen LogP contribution in [0.2, 0.25) is 0 Å². The van der Waals surface area contributed by atoms with E-state index in [9.17, 15) is 24.4 Å². The largest absolute Gasteiger partial charge is 0.502 e. The van der Waals surface area contributed by atoms with Crippen LogP contribution in [0.25, 0.3) is 0 Å².